The van der Waals surface area contributed by atoms with Crippen LogP contribution in [0, 0.1) is 6.92 Å². The Hall–Kier alpha value is -3.81. The van der Waals surface area contributed by atoms with E-state index in [0.29, 0.717) is 11.3 Å². The van der Waals surface area contributed by atoms with E-state index >= 15 is 0 Å². The van der Waals surface area contributed by atoms with E-state index in [0.717, 1.165) is 6.07 Å². The van der Waals surface area contributed by atoms with E-state index in [1.54, 1.807) is 13.0 Å². The number of carbonyl (C=O) groups excluding carboxylic acids is 2. The van der Waals surface area contributed by atoms with E-state index in [4.69, 9.17) is 13.9 Å². The number of rotatable bonds is 2. The Morgan fingerprint density at radius 3 is 2.25 bits per heavy atom. The van der Waals surface area contributed by atoms with Crippen molar-refractivity contribution in [1.29, 1.82) is 0 Å². The largest absolute Gasteiger partial charge is 0.507 e. The van der Waals surface area contributed by atoms with Gasteiger partial charge in [0.1, 0.15) is 22.6 Å². The molecule has 8 nitrogen and oxygen atoms in total. The summed E-state index contributed by atoms with van der Waals surface area (Å²) in [6, 6.07) is 4.03. The van der Waals surface area contributed by atoms with Crippen LogP contribution in [0.5, 0.6) is 23.0 Å². The van der Waals surface area contributed by atoms with Crippen molar-refractivity contribution in [2.24, 2.45) is 0 Å². The van der Waals surface area contributed by atoms with Gasteiger partial charge in [-0.05, 0) is 18.6 Å². The van der Waals surface area contributed by atoms with Gasteiger partial charge >= 0.3 is 0 Å². The SMILES string of the molecule is COc1cc(C)c2c(=O)c3c(oc2c1)C(=O)c1c(O)c(OC)cc(O)c1C3=O. The van der Waals surface area contributed by atoms with Gasteiger partial charge in [0.15, 0.2) is 17.3 Å². The molecule has 0 unspecified atom stereocenters. The highest BCUT2D eigenvalue weighted by Crippen LogP contribution is 2.43. The standard InChI is InChI=1S/C20H14O8/c1-7-4-8(26-2)5-10-12(7)17(23)15-18(24)13-9(21)6-11(27-3)16(22)14(13)19(25)20(15)28-10/h4-6,21-22H,1-3H3. The second kappa shape index (κ2) is 5.85. The second-order valence-electron chi connectivity index (χ2n) is 6.31. The van der Waals surface area contributed by atoms with Gasteiger partial charge in [0.2, 0.25) is 17.0 Å². The highest BCUT2D eigenvalue weighted by Gasteiger charge is 2.40. The highest BCUT2D eigenvalue weighted by atomic mass is 16.5. The van der Waals surface area contributed by atoms with Gasteiger partial charge in [-0.3, -0.25) is 14.4 Å². The Morgan fingerprint density at radius 2 is 1.61 bits per heavy atom. The predicted octanol–water partition coefficient (Wildman–Crippen LogP) is 2.31. The van der Waals surface area contributed by atoms with Crippen LogP contribution in [0.25, 0.3) is 11.0 Å². The average Bonchev–Trinajstić information content (AvgIpc) is 2.66. The van der Waals surface area contributed by atoms with Crippen molar-refractivity contribution in [3.8, 4) is 23.0 Å². The molecule has 3 aromatic rings. The molecule has 0 amide bonds. The van der Waals surface area contributed by atoms with Crippen LogP contribution < -0.4 is 14.9 Å². The number of aryl methyl sites for hydroxylation is 1. The fraction of sp³-hybridized carbons (Fsp3) is 0.150. The van der Waals surface area contributed by atoms with Gasteiger partial charge < -0.3 is 24.1 Å². The van der Waals surface area contributed by atoms with Gasteiger partial charge in [-0.1, -0.05) is 0 Å². The molecule has 0 saturated carbocycles. The molecule has 1 aliphatic carbocycles. The lowest BCUT2D eigenvalue weighted by molar-refractivity contribution is 0.0951. The maximum atomic E-state index is 13.0. The third-order valence-corrected chi connectivity index (χ3v) is 4.75. The van der Waals surface area contributed by atoms with Gasteiger partial charge in [-0.25, -0.2) is 0 Å². The van der Waals surface area contributed by atoms with E-state index in [1.165, 1.54) is 20.3 Å². The summed E-state index contributed by atoms with van der Waals surface area (Å²) in [5.41, 5.74) is -1.56. The first-order valence-electron chi connectivity index (χ1n) is 8.17. The zero-order chi connectivity index (χ0) is 20.3. The molecule has 1 heterocycles. The van der Waals surface area contributed by atoms with E-state index in [9.17, 15) is 24.6 Å². The van der Waals surface area contributed by atoms with Crippen LogP contribution in [0.3, 0.4) is 0 Å². The first kappa shape index (κ1) is 17.6. The van der Waals surface area contributed by atoms with Gasteiger partial charge in [-0.2, -0.15) is 0 Å². The third kappa shape index (κ3) is 2.14. The minimum atomic E-state index is -0.911. The molecule has 4 rings (SSSR count). The number of carbonyl (C=O) groups is 2. The van der Waals surface area contributed by atoms with Crippen LogP contribution in [-0.4, -0.2) is 36.0 Å². The fourth-order valence-electron chi connectivity index (χ4n) is 3.45. The van der Waals surface area contributed by atoms with E-state index < -0.39 is 50.9 Å². The molecular weight excluding hydrogens is 368 g/mol. The number of ether oxygens (including phenoxy) is 2. The number of phenolic OH excluding ortho intramolecular Hbond substituents is 2. The molecule has 0 atom stereocenters. The molecule has 0 aliphatic heterocycles. The summed E-state index contributed by atoms with van der Waals surface area (Å²) in [5, 5.41) is 20.7. The molecule has 2 aromatic carbocycles. The van der Waals surface area contributed by atoms with Gasteiger partial charge in [0.05, 0.1) is 30.7 Å². The van der Waals surface area contributed by atoms with Gasteiger partial charge in [-0.15, -0.1) is 0 Å². The number of methoxy groups -OCH3 is 2. The van der Waals surface area contributed by atoms with Gasteiger partial charge in [0.25, 0.3) is 0 Å². The molecule has 1 aliphatic rings. The molecule has 0 saturated heterocycles. The lowest BCUT2D eigenvalue weighted by Crippen LogP contribution is -2.28. The highest BCUT2D eigenvalue weighted by molar-refractivity contribution is 6.30. The number of fused-ring (bicyclic) bond motifs is 3. The van der Waals surface area contributed by atoms with Crippen LogP contribution in [0.4, 0.5) is 0 Å². The van der Waals surface area contributed by atoms with Crippen LogP contribution in [0.1, 0.15) is 37.6 Å². The first-order chi connectivity index (χ1) is 13.3. The Labute approximate surface area is 157 Å². The summed E-state index contributed by atoms with van der Waals surface area (Å²) in [5.74, 6) is -3.32. The van der Waals surface area contributed by atoms with Crippen LogP contribution in [0.2, 0.25) is 0 Å². The molecule has 0 bridgehead atoms. The summed E-state index contributed by atoms with van der Waals surface area (Å²) in [4.78, 5) is 39.0. The predicted molar refractivity (Wildman–Crippen MR) is 97.0 cm³/mol. The molecule has 28 heavy (non-hydrogen) atoms. The maximum absolute atomic E-state index is 13.0. The summed E-state index contributed by atoms with van der Waals surface area (Å²) >= 11 is 0. The smallest absolute Gasteiger partial charge is 0.233 e. The normalized spacial score (nSPS) is 12.7. The topological polar surface area (TPSA) is 123 Å². The van der Waals surface area contributed by atoms with Crippen molar-refractivity contribution < 1.29 is 33.7 Å². The fourth-order valence-corrected chi connectivity index (χ4v) is 3.45. The van der Waals surface area contributed by atoms with Crippen LogP contribution in [0.15, 0.2) is 27.4 Å². The summed E-state index contributed by atoms with van der Waals surface area (Å²) in [6.45, 7) is 1.64. The van der Waals surface area contributed by atoms with E-state index in [-0.39, 0.29) is 16.7 Å². The van der Waals surface area contributed by atoms with Crippen LogP contribution >= 0.6 is 0 Å². The molecule has 0 fully saturated rings. The minimum Gasteiger partial charge on any atom is -0.507 e. The van der Waals surface area contributed by atoms with Crippen molar-refractivity contribution >= 4 is 22.5 Å². The van der Waals surface area contributed by atoms with E-state index in [2.05, 4.69) is 0 Å². The van der Waals surface area contributed by atoms with Crippen molar-refractivity contribution in [2.75, 3.05) is 14.2 Å². The number of hydrogen-bond acceptors (Lipinski definition) is 8. The monoisotopic (exact) mass is 382 g/mol. The molecule has 0 radical (unpaired) electrons. The van der Waals surface area contributed by atoms with Gasteiger partial charge in [0, 0.05) is 12.1 Å². The molecule has 2 N–H and O–H groups in total. The number of aromatic hydroxyl groups is 2. The summed E-state index contributed by atoms with van der Waals surface area (Å²) in [6.07, 6.45) is 0. The number of phenols is 2. The molecule has 0 spiro atoms. The van der Waals surface area contributed by atoms with Crippen LogP contribution in [-0.2, 0) is 0 Å². The third-order valence-electron chi connectivity index (χ3n) is 4.75. The molecule has 1 aromatic heterocycles. The Balaban J connectivity index is 2.13. The first-order valence-corrected chi connectivity index (χ1v) is 8.17. The van der Waals surface area contributed by atoms with Crippen molar-refractivity contribution in [3.63, 3.8) is 0 Å². The molecular formula is C20H14O8. The Kier molecular flexibility index (Phi) is 3.67. The molecule has 8 heteroatoms. The zero-order valence-electron chi connectivity index (χ0n) is 15.1. The number of benzene rings is 2. The summed E-state index contributed by atoms with van der Waals surface area (Å²) in [7, 11) is 2.67. The molecule has 142 valence electrons. The van der Waals surface area contributed by atoms with E-state index in [1.807, 2.05) is 0 Å². The number of hydrogen-bond donors (Lipinski definition) is 2. The van der Waals surface area contributed by atoms with Crippen molar-refractivity contribution in [2.45, 2.75) is 6.92 Å². The zero-order valence-corrected chi connectivity index (χ0v) is 15.1. The Morgan fingerprint density at radius 1 is 0.893 bits per heavy atom. The average molecular weight is 382 g/mol. The minimum absolute atomic E-state index is 0.0665. The second-order valence-corrected chi connectivity index (χ2v) is 6.31. The quantitative estimate of drug-likeness (QED) is 0.506. The lowest BCUT2D eigenvalue weighted by atomic mass is 9.85. The maximum Gasteiger partial charge on any atom is 0.233 e. The lowest BCUT2D eigenvalue weighted by Gasteiger charge is -2.20. The number of ketones is 2. The van der Waals surface area contributed by atoms with Crippen molar-refractivity contribution in [1.82, 2.24) is 0 Å². The summed E-state index contributed by atoms with van der Waals surface area (Å²) < 4.78 is 15.7. The Bertz CT molecular complexity index is 1270. The van der Waals surface area contributed by atoms with Crippen molar-refractivity contribution in [3.05, 3.63) is 56.4 Å².